The van der Waals surface area contributed by atoms with Crippen molar-refractivity contribution in [2.45, 2.75) is 19.8 Å². The maximum absolute atomic E-state index is 11.4. The number of nitrogens with one attached hydrogen (secondary N) is 1. The SMILES string of the molecule is CCN(CCC(=O)O)C(=O)CCNC. The Labute approximate surface area is 84.1 Å². The van der Waals surface area contributed by atoms with Gasteiger partial charge in [-0.3, -0.25) is 9.59 Å². The van der Waals surface area contributed by atoms with Crippen LogP contribution < -0.4 is 5.32 Å². The van der Waals surface area contributed by atoms with Crippen LogP contribution in [0.1, 0.15) is 19.8 Å². The summed E-state index contributed by atoms with van der Waals surface area (Å²) in [5, 5.41) is 11.3. The summed E-state index contributed by atoms with van der Waals surface area (Å²) in [5.41, 5.74) is 0. The summed E-state index contributed by atoms with van der Waals surface area (Å²) in [4.78, 5) is 23.3. The zero-order valence-electron chi connectivity index (χ0n) is 8.75. The predicted octanol–water partition coefficient (Wildman–Crippen LogP) is -0.0809. The minimum absolute atomic E-state index is 0.00287. The van der Waals surface area contributed by atoms with Crippen LogP contribution in [0.4, 0.5) is 0 Å². The summed E-state index contributed by atoms with van der Waals surface area (Å²) in [6, 6.07) is 0. The molecule has 0 fully saturated rings. The lowest BCUT2D eigenvalue weighted by Crippen LogP contribution is -2.34. The first-order valence-corrected chi connectivity index (χ1v) is 4.76. The molecular weight excluding hydrogens is 184 g/mol. The van der Waals surface area contributed by atoms with Gasteiger partial charge in [-0.25, -0.2) is 0 Å². The third-order valence-corrected chi connectivity index (χ3v) is 1.92. The molecular formula is C9H18N2O3. The van der Waals surface area contributed by atoms with Crippen molar-refractivity contribution >= 4 is 11.9 Å². The number of hydrogen-bond donors (Lipinski definition) is 2. The number of carboxylic acid groups (broad SMARTS) is 1. The van der Waals surface area contributed by atoms with Crippen LogP contribution in [-0.4, -0.2) is 48.6 Å². The van der Waals surface area contributed by atoms with Crippen LogP contribution in [0, 0.1) is 0 Å². The molecule has 0 aromatic heterocycles. The Morgan fingerprint density at radius 3 is 2.43 bits per heavy atom. The fourth-order valence-corrected chi connectivity index (χ4v) is 1.08. The predicted molar refractivity (Wildman–Crippen MR) is 53.1 cm³/mol. The van der Waals surface area contributed by atoms with Gasteiger partial charge >= 0.3 is 5.97 Å². The fraction of sp³-hybridized carbons (Fsp3) is 0.778. The van der Waals surface area contributed by atoms with E-state index in [1.807, 2.05) is 6.92 Å². The topological polar surface area (TPSA) is 69.6 Å². The van der Waals surface area contributed by atoms with Gasteiger partial charge in [-0.1, -0.05) is 0 Å². The molecule has 0 aromatic rings. The average Bonchev–Trinajstić information content (AvgIpc) is 2.15. The lowest BCUT2D eigenvalue weighted by molar-refractivity contribution is -0.138. The van der Waals surface area contributed by atoms with Crippen molar-refractivity contribution in [2.24, 2.45) is 0 Å². The average molecular weight is 202 g/mol. The first-order chi connectivity index (χ1) is 6.61. The van der Waals surface area contributed by atoms with Gasteiger partial charge in [0.05, 0.1) is 6.42 Å². The van der Waals surface area contributed by atoms with Crippen molar-refractivity contribution in [3.05, 3.63) is 0 Å². The summed E-state index contributed by atoms with van der Waals surface area (Å²) in [7, 11) is 1.78. The number of carboxylic acids is 1. The van der Waals surface area contributed by atoms with Gasteiger partial charge in [-0.2, -0.15) is 0 Å². The molecule has 14 heavy (non-hydrogen) atoms. The third kappa shape index (κ3) is 5.53. The second kappa shape index (κ2) is 7.32. The minimum atomic E-state index is -0.870. The van der Waals surface area contributed by atoms with Crippen molar-refractivity contribution < 1.29 is 14.7 Å². The Kier molecular flexibility index (Phi) is 6.74. The van der Waals surface area contributed by atoms with E-state index in [4.69, 9.17) is 5.11 Å². The zero-order chi connectivity index (χ0) is 11.0. The summed E-state index contributed by atoms with van der Waals surface area (Å²) in [6.07, 6.45) is 0.434. The molecule has 1 amide bonds. The molecule has 0 spiro atoms. The third-order valence-electron chi connectivity index (χ3n) is 1.92. The molecule has 0 aliphatic heterocycles. The van der Waals surface area contributed by atoms with E-state index in [1.165, 1.54) is 0 Å². The molecule has 0 bridgehead atoms. The van der Waals surface area contributed by atoms with Crippen molar-refractivity contribution in [1.82, 2.24) is 10.2 Å². The maximum atomic E-state index is 11.4. The summed E-state index contributed by atoms with van der Waals surface area (Å²) in [5.74, 6) is -0.868. The van der Waals surface area contributed by atoms with Gasteiger partial charge in [0, 0.05) is 26.1 Å². The normalized spacial score (nSPS) is 9.86. The first-order valence-electron chi connectivity index (χ1n) is 4.76. The quantitative estimate of drug-likeness (QED) is 0.606. The highest BCUT2D eigenvalue weighted by Crippen LogP contribution is 1.95. The second-order valence-corrected chi connectivity index (χ2v) is 2.97. The number of carbonyl (C=O) groups is 2. The van der Waals surface area contributed by atoms with E-state index >= 15 is 0 Å². The number of rotatable bonds is 7. The summed E-state index contributed by atoms with van der Waals surface area (Å²) >= 11 is 0. The van der Waals surface area contributed by atoms with Crippen LogP contribution in [0.15, 0.2) is 0 Å². The highest BCUT2D eigenvalue weighted by atomic mass is 16.4. The largest absolute Gasteiger partial charge is 0.481 e. The second-order valence-electron chi connectivity index (χ2n) is 2.97. The summed E-state index contributed by atoms with van der Waals surface area (Å²) < 4.78 is 0. The minimum Gasteiger partial charge on any atom is -0.481 e. The van der Waals surface area contributed by atoms with Crippen LogP contribution in [0.25, 0.3) is 0 Å². The maximum Gasteiger partial charge on any atom is 0.305 e. The van der Waals surface area contributed by atoms with E-state index in [-0.39, 0.29) is 12.3 Å². The molecule has 0 rings (SSSR count). The molecule has 0 atom stereocenters. The van der Waals surface area contributed by atoms with Crippen LogP contribution in [-0.2, 0) is 9.59 Å². The molecule has 0 saturated carbocycles. The smallest absolute Gasteiger partial charge is 0.305 e. The van der Waals surface area contributed by atoms with Gasteiger partial charge in [0.15, 0.2) is 0 Å². The van der Waals surface area contributed by atoms with E-state index in [9.17, 15) is 9.59 Å². The Morgan fingerprint density at radius 1 is 1.36 bits per heavy atom. The molecule has 0 saturated heterocycles. The number of nitrogens with zero attached hydrogens (tertiary/aromatic N) is 1. The molecule has 0 unspecified atom stereocenters. The Bertz CT molecular complexity index is 194. The molecule has 0 radical (unpaired) electrons. The van der Waals surface area contributed by atoms with Crippen LogP contribution in [0.3, 0.4) is 0 Å². The number of amides is 1. The van der Waals surface area contributed by atoms with Crippen molar-refractivity contribution in [2.75, 3.05) is 26.7 Å². The number of aliphatic carboxylic acids is 1. The number of carbonyl (C=O) groups excluding carboxylic acids is 1. The fourth-order valence-electron chi connectivity index (χ4n) is 1.08. The molecule has 0 aromatic carbocycles. The Balaban J connectivity index is 3.86. The van der Waals surface area contributed by atoms with E-state index < -0.39 is 5.97 Å². The van der Waals surface area contributed by atoms with Gasteiger partial charge in [0.1, 0.15) is 0 Å². The zero-order valence-corrected chi connectivity index (χ0v) is 8.75. The lowest BCUT2D eigenvalue weighted by Gasteiger charge is -2.19. The molecule has 0 aliphatic rings. The van der Waals surface area contributed by atoms with Crippen LogP contribution in [0.5, 0.6) is 0 Å². The van der Waals surface area contributed by atoms with Crippen molar-refractivity contribution in [1.29, 1.82) is 0 Å². The molecule has 5 nitrogen and oxygen atoms in total. The van der Waals surface area contributed by atoms with E-state index in [2.05, 4.69) is 5.32 Å². The highest BCUT2D eigenvalue weighted by Gasteiger charge is 2.11. The van der Waals surface area contributed by atoms with Crippen LogP contribution >= 0.6 is 0 Å². The van der Waals surface area contributed by atoms with Gasteiger partial charge in [0.2, 0.25) is 5.91 Å². The van der Waals surface area contributed by atoms with Crippen molar-refractivity contribution in [3.63, 3.8) is 0 Å². The molecule has 82 valence electrons. The van der Waals surface area contributed by atoms with Gasteiger partial charge < -0.3 is 15.3 Å². The first kappa shape index (κ1) is 12.9. The van der Waals surface area contributed by atoms with Gasteiger partial charge in [-0.05, 0) is 14.0 Å². The van der Waals surface area contributed by atoms with E-state index in [0.29, 0.717) is 26.1 Å². The molecule has 0 heterocycles. The molecule has 5 heteroatoms. The monoisotopic (exact) mass is 202 g/mol. The van der Waals surface area contributed by atoms with Crippen molar-refractivity contribution in [3.8, 4) is 0 Å². The standard InChI is InChI=1S/C9H18N2O3/c1-3-11(7-5-9(13)14)8(12)4-6-10-2/h10H,3-7H2,1-2H3,(H,13,14). The Hall–Kier alpha value is -1.10. The van der Waals surface area contributed by atoms with Gasteiger partial charge in [-0.15, -0.1) is 0 Å². The van der Waals surface area contributed by atoms with Gasteiger partial charge in [0.25, 0.3) is 0 Å². The molecule has 2 N–H and O–H groups in total. The van der Waals surface area contributed by atoms with Crippen LogP contribution in [0.2, 0.25) is 0 Å². The highest BCUT2D eigenvalue weighted by molar-refractivity contribution is 5.77. The lowest BCUT2D eigenvalue weighted by atomic mass is 10.3. The number of hydrogen-bond acceptors (Lipinski definition) is 3. The molecule has 0 aliphatic carbocycles. The Morgan fingerprint density at radius 2 is 2.00 bits per heavy atom. The summed E-state index contributed by atoms with van der Waals surface area (Å²) in [6.45, 7) is 3.34. The van der Waals surface area contributed by atoms with E-state index in [0.717, 1.165) is 0 Å². The van der Waals surface area contributed by atoms with E-state index in [1.54, 1.807) is 11.9 Å².